The highest BCUT2D eigenvalue weighted by Gasteiger charge is 2.21. The first kappa shape index (κ1) is 15.1. The average molecular weight is 313 g/mol. The zero-order chi connectivity index (χ0) is 16.1. The average Bonchev–Trinajstić information content (AvgIpc) is 2.60. The molecule has 0 aliphatic carbocycles. The quantitative estimate of drug-likeness (QED) is 0.655. The van der Waals surface area contributed by atoms with E-state index in [2.05, 4.69) is 20.3 Å². The summed E-state index contributed by atoms with van der Waals surface area (Å²) >= 11 is 0. The number of fused-ring (bicyclic) bond motifs is 1. The van der Waals surface area contributed by atoms with E-state index in [0.717, 1.165) is 23.4 Å². The van der Waals surface area contributed by atoms with Crippen molar-refractivity contribution in [3.05, 3.63) is 47.8 Å². The van der Waals surface area contributed by atoms with Crippen molar-refractivity contribution < 1.29 is 9.47 Å². The normalized spacial score (nSPS) is 17.1. The second-order valence-corrected chi connectivity index (χ2v) is 5.11. The van der Waals surface area contributed by atoms with Crippen molar-refractivity contribution in [1.29, 1.82) is 0 Å². The summed E-state index contributed by atoms with van der Waals surface area (Å²) in [5.74, 6) is 1.27. The van der Waals surface area contributed by atoms with Crippen LogP contribution in [0.25, 0.3) is 0 Å². The lowest BCUT2D eigenvalue weighted by Gasteiger charge is -2.26. The number of rotatable bonds is 4. The maximum Gasteiger partial charge on any atom is 0.316 e. The van der Waals surface area contributed by atoms with E-state index >= 15 is 0 Å². The van der Waals surface area contributed by atoms with Gasteiger partial charge >= 0.3 is 6.01 Å². The summed E-state index contributed by atoms with van der Waals surface area (Å²) in [7, 11) is 1.53. The van der Waals surface area contributed by atoms with E-state index < -0.39 is 0 Å². The van der Waals surface area contributed by atoms with Gasteiger partial charge in [-0.1, -0.05) is 18.2 Å². The Bertz CT molecular complexity index is 704. The molecule has 1 aliphatic heterocycles. The number of hydrogen-bond acceptors (Lipinski definition) is 5. The van der Waals surface area contributed by atoms with E-state index in [1.807, 2.05) is 24.3 Å². The molecule has 0 amide bonds. The molecule has 7 nitrogen and oxygen atoms in total. The highest BCUT2D eigenvalue weighted by Crippen LogP contribution is 2.31. The van der Waals surface area contributed by atoms with Crippen LogP contribution in [0.1, 0.15) is 23.7 Å². The lowest BCUT2D eigenvalue weighted by atomic mass is 10.0. The summed E-state index contributed by atoms with van der Waals surface area (Å²) in [4.78, 5) is 12.5. The number of guanidine groups is 1. The van der Waals surface area contributed by atoms with Crippen molar-refractivity contribution in [3.63, 3.8) is 0 Å². The Balaban J connectivity index is 1.66. The Morgan fingerprint density at radius 1 is 1.43 bits per heavy atom. The molecule has 23 heavy (non-hydrogen) atoms. The highest BCUT2D eigenvalue weighted by atomic mass is 16.5. The van der Waals surface area contributed by atoms with Crippen LogP contribution < -0.4 is 20.5 Å². The van der Waals surface area contributed by atoms with Crippen molar-refractivity contribution in [2.75, 3.05) is 13.7 Å². The van der Waals surface area contributed by atoms with Gasteiger partial charge in [0.1, 0.15) is 5.75 Å². The minimum Gasteiger partial charge on any atom is -0.493 e. The van der Waals surface area contributed by atoms with E-state index in [1.54, 1.807) is 12.3 Å². The summed E-state index contributed by atoms with van der Waals surface area (Å²) in [5, 5.41) is 3.25. The predicted octanol–water partition coefficient (Wildman–Crippen LogP) is 1.41. The van der Waals surface area contributed by atoms with Gasteiger partial charge in [0, 0.05) is 18.2 Å². The number of nitrogens with one attached hydrogen (secondary N) is 1. The molecule has 0 saturated heterocycles. The van der Waals surface area contributed by atoms with Crippen LogP contribution in [0.4, 0.5) is 0 Å². The maximum absolute atomic E-state index is 6.00. The minimum atomic E-state index is 0.101. The van der Waals surface area contributed by atoms with E-state index in [4.69, 9.17) is 15.2 Å². The summed E-state index contributed by atoms with van der Waals surface area (Å²) in [5.41, 5.74) is 7.85. The molecule has 120 valence electrons. The predicted molar refractivity (Wildman–Crippen MR) is 86.3 cm³/mol. The SMILES string of the molecule is COc1nccc(CN=C(N)NC2CCOc3ccccc32)n1. The van der Waals surface area contributed by atoms with Gasteiger partial charge in [0.05, 0.1) is 32.0 Å². The lowest BCUT2D eigenvalue weighted by Crippen LogP contribution is -2.37. The van der Waals surface area contributed by atoms with Crippen molar-refractivity contribution >= 4 is 5.96 Å². The van der Waals surface area contributed by atoms with Gasteiger partial charge < -0.3 is 20.5 Å². The fourth-order valence-corrected chi connectivity index (χ4v) is 2.44. The third-order valence-electron chi connectivity index (χ3n) is 3.57. The van der Waals surface area contributed by atoms with Crippen LogP contribution in [-0.2, 0) is 6.54 Å². The molecule has 3 N–H and O–H groups in total. The molecule has 1 aromatic heterocycles. The van der Waals surface area contributed by atoms with Gasteiger partial charge in [-0.3, -0.25) is 0 Å². The Labute approximate surface area is 134 Å². The van der Waals surface area contributed by atoms with E-state index in [0.29, 0.717) is 25.1 Å². The third kappa shape index (κ3) is 3.68. The van der Waals surface area contributed by atoms with Crippen LogP contribution in [-0.4, -0.2) is 29.6 Å². The zero-order valence-corrected chi connectivity index (χ0v) is 12.9. The summed E-state index contributed by atoms with van der Waals surface area (Å²) in [6.07, 6.45) is 2.48. The van der Waals surface area contributed by atoms with Gasteiger partial charge in [0.15, 0.2) is 5.96 Å². The number of benzene rings is 1. The third-order valence-corrected chi connectivity index (χ3v) is 3.57. The molecule has 1 atom stereocenters. The van der Waals surface area contributed by atoms with Gasteiger partial charge in [-0.05, 0) is 12.1 Å². The van der Waals surface area contributed by atoms with Crippen LogP contribution in [0, 0.1) is 0 Å². The molecular weight excluding hydrogens is 294 g/mol. The van der Waals surface area contributed by atoms with Gasteiger partial charge in [-0.15, -0.1) is 0 Å². The molecular formula is C16H19N5O2. The lowest BCUT2D eigenvalue weighted by molar-refractivity contribution is 0.262. The molecule has 2 aromatic rings. The molecule has 0 fully saturated rings. The molecule has 0 spiro atoms. The Hall–Kier alpha value is -2.83. The smallest absolute Gasteiger partial charge is 0.316 e. The summed E-state index contributed by atoms with van der Waals surface area (Å²) < 4.78 is 10.6. The minimum absolute atomic E-state index is 0.101. The van der Waals surface area contributed by atoms with Crippen LogP contribution in [0.15, 0.2) is 41.5 Å². The fraction of sp³-hybridized carbons (Fsp3) is 0.312. The van der Waals surface area contributed by atoms with E-state index in [9.17, 15) is 0 Å². The molecule has 1 aliphatic rings. The fourth-order valence-electron chi connectivity index (χ4n) is 2.44. The van der Waals surface area contributed by atoms with Crippen LogP contribution in [0.2, 0.25) is 0 Å². The molecule has 1 unspecified atom stereocenters. The number of nitrogens with two attached hydrogens (primary N) is 1. The first-order valence-electron chi connectivity index (χ1n) is 7.40. The number of aliphatic imine (C=N–C) groups is 1. The van der Waals surface area contributed by atoms with Gasteiger partial charge in [0.25, 0.3) is 0 Å². The molecule has 0 saturated carbocycles. The van der Waals surface area contributed by atoms with Crippen molar-refractivity contribution in [2.45, 2.75) is 19.0 Å². The summed E-state index contributed by atoms with van der Waals surface area (Å²) in [6, 6.07) is 10.1. The molecule has 0 radical (unpaired) electrons. The first-order chi connectivity index (χ1) is 11.3. The first-order valence-corrected chi connectivity index (χ1v) is 7.40. The second-order valence-electron chi connectivity index (χ2n) is 5.11. The van der Waals surface area contributed by atoms with Gasteiger partial charge in [0.2, 0.25) is 0 Å². The van der Waals surface area contributed by atoms with Crippen molar-refractivity contribution in [3.8, 4) is 11.8 Å². The number of para-hydroxylation sites is 1. The molecule has 7 heteroatoms. The Morgan fingerprint density at radius 3 is 3.17 bits per heavy atom. The number of methoxy groups -OCH3 is 1. The number of ether oxygens (including phenoxy) is 2. The molecule has 0 bridgehead atoms. The Kier molecular flexibility index (Phi) is 4.56. The second kappa shape index (κ2) is 6.95. The van der Waals surface area contributed by atoms with E-state index in [-0.39, 0.29) is 6.04 Å². The number of aromatic nitrogens is 2. The van der Waals surface area contributed by atoms with E-state index in [1.165, 1.54) is 7.11 Å². The molecule has 3 rings (SSSR count). The van der Waals surface area contributed by atoms with Crippen molar-refractivity contribution in [1.82, 2.24) is 15.3 Å². The van der Waals surface area contributed by atoms with Gasteiger partial charge in [-0.2, -0.15) is 4.98 Å². The van der Waals surface area contributed by atoms with Crippen LogP contribution in [0.5, 0.6) is 11.8 Å². The monoisotopic (exact) mass is 313 g/mol. The molecule has 1 aromatic carbocycles. The van der Waals surface area contributed by atoms with Gasteiger partial charge in [-0.25, -0.2) is 9.98 Å². The number of hydrogen-bond donors (Lipinski definition) is 2. The van der Waals surface area contributed by atoms with Crippen LogP contribution >= 0.6 is 0 Å². The standard InChI is InChI=1S/C16H19N5O2/c1-22-16-18-8-6-11(20-16)10-19-15(17)21-13-7-9-23-14-5-3-2-4-12(13)14/h2-6,8,13H,7,9-10H2,1H3,(H3,17,19,21). The number of nitrogens with zero attached hydrogens (tertiary/aromatic N) is 3. The maximum atomic E-state index is 6.00. The largest absolute Gasteiger partial charge is 0.493 e. The topological polar surface area (TPSA) is 94.7 Å². The Morgan fingerprint density at radius 2 is 2.30 bits per heavy atom. The summed E-state index contributed by atoms with van der Waals surface area (Å²) in [6.45, 7) is 1.02. The van der Waals surface area contributed by atoms with Crippen molar-refractivity contribution in [2.24, 2.45) is 10.7 Å². The van der Waals surface area contributed by atoms with Crippen LogP contribution in [0.3, 0.4) is 0 Å². The highest BCUT2D eigenvalue weighted by molar-refractivity contribution is 5.78. The zero-order valence-electron chi connectivity index (χ0n) is 12.9. The molecule has 2 heterocycles.